The normalized spacial score (nSPS) is 22.2. The molecular formula is C28H29Cl2F6N3O3. The van der Waals surface area contributed by atoms with Crippen LogP contribution in [0.3, 0.4) is 0 Å². The molecule has 14 heteroatoms. The van der Waals surface area contributed by atoms with Gasteiger partial charge in [-0.05, 0) is 53.3 Å². The molecule has 2 aromatic carbocycles. The number of amides is 3. The highest BCUT2D eigenvalue weighted by Crippen LogP contribution is 2.45. The van der Waals surface area contributed by atoms with Crippen molar-refractivity contribution in [2.45, 2.75) is 64.1 Å². The standard InChI is InChI=1S/C28H29Cl2F6N3O3/c1-26(2,3)23-22(16-4-5-19(29)20(30)12-16)21(6-7-39(23)25(41)42)38-9-8-37(24(38)40)14-15-10-17(27(31,32)33)13-18(11-15)28(34,35)36/h4-5,10-13,21-23H,6-9,14H2,1-3H3,(H,41,42)/t21-,22-,23?/m1/s1. The van der Waals surface area contributed by atoms with Gasteiger partial charge in [0.05, 0.1) is 21.2 Å². The first-order chi connectivity index (χ1) is 19.3. The molecule has 0 aliphatic carbocycles. The van der Waals surface area contributed by atoms with Crippen LogP contribution in [0, 0.1) is 5.41 Å². The molecule has 3 atom stereocenters. The maximum absolute atomic E-state index is 13.7. The van der Waals surface area contributed by atoms with Gasteiger partial charge in [-0.1, -0.05) is 50.0 Å². The summed E-state index contributed by atoms with van der Waals surface area (Å²) >= 11 is 12.5. The zero-order valence-corrected chi connectivity index (χ0v) is 24.4. The van der Waals surface area contributed by atoms with Crippen LogP contribution in [0.5, 0.6) is 0 Å². The summed E-state index contributed by atoms with van der Waals surface area (Å²) in [5, 5.41) is 10.6. The number of carbonyl (C=O) groups excluding carboxylic acids is 1. The van der Waals surface area contributed by atoms with E-state index in [0.717, 1.165) is 0 Å². The summed E-state index contributed by atoms with van der Waals surface area (Å²) in [7, 11) is 0. The van der Waals surface area contributed by atoms with Crippen LogP contribution >= 0.6 is 23.2 Å². The molecule has 3 amide bonds. The number of carboxylic acid groups (broad SMARTS) is 1. The zero-order valence-electron chi connectivity index (χ0n) is 22.9. The van der Waals surface area contributed by atoms with Gasteiger partial charge in [0.1, 0.15) is 0 Å². The van der Waals surface area contributed by atoms with Crippen molar-refractivity contribution in [3.05, 3.63) is 68.7 Å². The number of hydrogen-bond donors (Lipinski definition) is 1. The Morgan fingerprint density at radius 1 is 0.905 bits per heavy atom. The van der Waals surface area contributed by atoms with Crippen LogP contribution in [0.2, 0.25) is 10.0 Å². The lowest BCUT2D eigenvalue weighted by molar-refractivity contribution is -0.143. The maximum atomic E-state index is 13.7. The lowest BCUT2D eigenvalue weighted by Gasteiger charge is -2.52. The van der Waals surface area contributed by atoms with E-state index in [4.69, 9.17) is 23.2 Å². The van der Waals surface area contributed by atoms with Crippen LogP contribution in [-0.4, -0.2) is 63.6 Å². The summed E-state index contributed by atoms with van der Waals surface area (Å²) in [4.78, 5) is 30.0. The Hall–Kier alpha value is -2.86. The van der Waals surface area contributed by atoms with Crippen LogP contribution in [0.15, 0.2) is 36.4 Å². The molecule has 4 rings (SSSR count). The number of piperidine rings is 1. The molecule has 1 N–H and O–H groups in total. The smallest absolute Gasteiger partial charge is 0.416 e. The Balaban J connectivity index is 1.70. The third-order valence-electron chi connectivity index (χ3n) is 7.77. The summed E-state index contributed by atoms with van der Waals surface area (Å²) in [5.74, 6) is -0.557. The molecule has 2 saturated heterocycles. The van der Waals surface area contributed by atoms with Gasteiger partial charge in [-0.25, -0.2) is 9.59 Å². The molecule has 2 aliphatic rings. The van der Waals surface area contributed by atoms with Gasteiger partial charge in [0.15, 0.2) is 0 Å². The SMILES string of the molecule is CC(C)(C)C1[C@H](c2ccc(Cl)c(Cl)c2)[C@H](N2CCN(Cc3cc(C(F)(F)F)cc(C(F)(F)F)c3)C2=O)CCN1C(=O)O. The molecule has 0 bridgehead atoms. The largest absolute Gasteiger partial charge is 0.465 e. The first kappa shape index (κ1) is 32.1. The minimum atomic E-state index is -5.01. The van der Waals surface area contributed by atoms with E-state index < -0.39 is 65.6 Å². The predicted molar refractivity (Wildman–Crippen MR) is 145 cm³/mol. The minimum Gasteiger partial charge on any atom is -0.465 e. The van der Waals surface area contributed by atoms with Crippen LogP contribution in [-0.2, 0) is 18.9 Å². The molecule has 2 fully saturated rings. The second-order valence-corrected chi connectivity index (χ2v) is 12.5. The average Bonchev–Trinajstić information content (AvgIpc) is 3.22. The molecular weight excluding hydrogens is 611 g/mol. The fourth-order valence-corrected chi connectivity index (χ4v) is 6.38. The van der Waals surface area contributed by atoms with Gasteiger partial charge in [-0.2, -0.15) is 26.3 Å². The van der Waals surface area contributed by atoms with E-state index in [1.54, 1.807) is 18.2 Å². The lowest BCUT2D eigenvalue weighted by Crippen LogP contribution is -2.61. The highest BCUT2D eigenvalue weighted by molar-refractivity contribution is 6.42. The number of halogens is 8. The van der Waals surface area contributed by atoms with Crippen molar-refractivity contribution in [3.8, 4) is 0 Å². The van der Waals surface area contributed by atoms with Crippen LogP contribution < -0.4 is 0 Å². The van der Waals surface area contributed by atoms with Gasteiger partial charge >= 0.3 is 24.5 Å². The summed E-state index contributed by atoms with van der Waals surface area (Å²) < 4.78 is 80.3. The molecule has 2 aromatic rings. The van der Waals surface area contributed by atoms with Crippen molar-refractivity contribution in [1.29, 1.82) is 0 Å². The minimum absolute atomic E-state index is 0.0479. The molecule has 0 aromatic heterocycles. The van der Waals surface area contributed by atoms with Crippen molar-refractivity contribution in [3.63, 3.8) is 0 Å². The Morgan fingerprint density at radius 2 is 1.50 bits per heavy atom. The second-order valence-electron chi connectivity index (χ2n) is 11.7. The van der Waals surface area contributed by atoms with Crippen molar-refractivity contribution in [2.24, 2.45) is 5.41 Å². The average molecular weight is 640 g/mol. The van der Waals surface area contributed by atoms with E-state index >= 15 is 0 Å². The number of hydrogen-bond acceptors (Lipinski definition) is 2. The molecule has 0 spiro atoms. The fraction of sp³-hybridized carbons (Fsp3) is 0.500. The summed E-state index contributed by atoms with van der Waals surface area (Å²) in [5.41, 5.74) is -3.16. The lowest BCUT2D eigenvalue weighted by atomic mass is 9.69. The fourth-order valence-electron chi connectivity index (χ4n) is 6.08. The van der Waals surface area contributed by atoms with Crippen LogP contribution in [0.1, 0.15) is 55.4 Å². The Bertz CT molecular complexity index is 1330. The second kappa shape index (κ2) is 11.3. The van der Waals surface area contributed by atoms with Gasteiger partial charge in [0.25, 0.3) is 0 Å². The molecule has 2 aliphatic heterocycles. The number of likely N-dealkylation sites (tertiary alicyclic amines) is 1. The van der Waals surface area contributed by atoms with E-state index in [1.807, 2.05) is 20.8 Å². The summed E-state index contributed by atoms with van der Waals surface area (Å²) in [6.45, 7) is 5.50. The van der Waals surface area contributed by atoms with E-state index in [0.29, 0.717) is 17.7 Å². The van der Waals surface area contributed by atoms with Gasteiger partial charge in [-0.3, -0.25) is 0 Å². The van der Waals surface area contributed by atoms with Crippen molar-refractivity contribution in [2.75, 3.05) is 19.6 Å². The number of nitrogens with zero attached hydrogens (tertiary/aromatic N) is 3. The van der Waals surface area contributed by atoms with Crippen molar-refractivity contribution >= 4 is 35.3 Å². The number of carbonyl (C=O) groups is 2. The molecule has 230 valence electrons. The Labute approximate surface area is 248 Å². The molecule has 0 radical (unpaired) electrons. The third kappa shape index (κ3) is 6.54. The van der Waals surface area contributed by atoms with Crippen LogP contribution in [0.25, 0.3) is 0 Å². The Morgan fingerprint density at radius 3 is 2.00 bits per heavy atom. The molecule has 2 heterocycles. The quantitative estimate of drug-likeness (QED) is 0.343. The number of benzene rings is 2. The molecule has 42 heavy (non-hydrogen) atoms. The van der Waals surface area contributed by atoms with Gasteiger partial charge < -0.3 is 19.8 Å². The van der Waals surface area contributed by atoms with E-state index in [9.17, 15) is 41.0 Å². The van der Waals surface area contributed by atoms with Gasteiger partial charge in [-0.15, -0.1) is 0 Å². The van der Waals surface area contributed by atoms with Crippen molar-refractivity contribution in [1.82, 2.24) is 14.7 Å². The van der Waals surface area contributed by atoms with Gasteiger partial charge in [0.2, 0.25) is 0 Å². The molecule has 1 unspecified atom stereocenters. The summed E-state index contributed by atoms with van der Waals surface area (Å²) in [6.07, 6.45) is -10.9. The van der Waals surface area contributed by atoms with E-state index in [1.165, 1.54) is 14.7 Å². The van der Waals surface area contributed by atoms with Crippen LogP contribution in [0.4, 0.5) is 35.9 Å². The van der Waals surface area contributed by atoms with E-state index in [-0.39, 0.29) is 47.7 Å². The number of rotatable bonds is 4. The zero-order chi connectivity index (χ0) is 31.4. The number of urea groups is 1. The molecule has 0 saturated carbocycles. The van der Waals surface area contributed by atoms with Gasteiger partial charge in [0, 0.05) is 44.2 Å². The first-order valence-electron chi connectivity index (χ1n) is 13.1. The maximum Gasteiger partial charge on any atom is 0.416 e. The topological polar surface area (TPSA) is 64.1 Å². The van der Waals surface area contributed by atoms with E-state index in [2.05, 4.69) is 0 Å². The highest BCUT2D eigenvalue weighted by atomic mass is 35.5. The summed E-state index contributed by atoms with van der Waals surface area (Å²) in [6, 6.07) is 4.51. The molecule has 6 nitrogen and oxygen atoms in total. The first-order valence-corrected chi connectivity index (χ1v) is 13.8. The highest BCUT2D eigenvalue weighted by Gasteiger charge is 2.50. The monoisotopic (exact) mass is 639 g/mol. The predicted octanol–water partition coefficient (Wildman–Crippen LogP) is 8.22. The number of alkyl halides is 6. The third-order valence-corrected chi connectivity index (χ3v) is 8.51. The van der Waals surface area contributed by atoms with Crippen molar-refractivity contribution < 1.29 is 41.0 Å². The Kier molecular flexibility index (Phi) is 8.65.